The summed E-state index contributed by atoms with van der Waals surface area (Å²) < 4.78 is 42.3. The summed E-state index contributed by atoms with van der Waals surface area (Å²) in [6.45, 7) is 1.86. The molecule has 3 nitrogen and oxygen atoms in total. The van der Waals surface area contributed by atoms with Gasteiger partial charge in [-0.2, -0.15) is 13.2 Å². The minimum atomic E-state index is -4.58. The van der Waals surface area contributed by atoms with E-state index in [1.54, 1.807) is 18.2 Å². The number of benzene rings is 2. The van der Waals surface area contributed by atoms with E-state index in [0.717, 1.165) is 49.7 Å². The van der Waals surface area contributed by atoms with Gasteiger partial charge in [0.05, 0.1) is 11.1 Å². The summed E-state index contributed by atoms with van der Waals surface area (Å²) in [4.78, 5) is 28.1. The summed E-state index contributed by atoms with van der Waals surface area (Å²) in [6.07, 6.45) is 3.23. The summed E-state index contributed by atoms with van der Waals surface area (Å²) in [5, 5.41) is 0. The zero-order valence-electron chi connectivity index (χ0n) is 19.3. The van der Waals surface area contributed by atoms with Gasteiger partial charge in [-0.1, -0.05) is 42.7 Å². The molecule has 0 aromatic heterocycles. The van der Waals surface area contributed by atoms with E-state index in [2.05, 4.69) is 4.90 Å². The molecule has 2 fully saturated rings. The lowest BCUT2D eigenvalue weighted by molar-refractivity contribution is -0.138. The summed E-state index contributed by atoms with van der Waals surface area (Å²) >= 11 is 0. The van der Waals surface area contributed by atoms with Crippen LogP contribution in [-0.2, 0) is 23.8 Å². The van der Waals surface area contributed by atoms with Crippen LogP contribution in [0.5, 0.6) is 0 Å². The molecular weight excluding hydrogens is 439 g/mol. The third kappa shape index (κ3) is 4.19. The number of carbonyl (C=O) groups is 2. The van der Waals surface area contributed by atoms with Gasteiger partial charge in [0.1, 0.15) is 0 Å². The Labute approximate surface area is 197 Å². The molecular formula is C28H28F3NO2. The van der Waals surface area contributed by atoms with E-state index in [9.17, 15) is 22.8 Å². The Morgan fingerprint density at radius 3 is 2.38 bits per heavy atom. The highest BCUT2D eigenvalue weighted by Crippen LogP contribution is 2.41. The van der Waals surface area contributed by atoms with Crippen LogP contribution in [0, 0.1) is 6.92 Å². The van der Waals surface area contributed by atoms with Gasteiger partial charge in [-0.05, 0) is 68.4 Å². The van der Waals surface area contributed by atoms with E-state index in [1.165, 1.54) is 12.1 Å². The zero-order valence-corrected chi connectivity index (χ0v) is 19.3. The number of ketones is 2. The van der Waals surface area contributed by atoms with Gasteiger partial charge < -0.3 is 4.90 Å². The molecule has 178 valence electrons. The predicted octanol–water partition coefficient (Wildman–Crippen LogP) is 6.40. The number of hydrogen-bond donors (Lipinski definition) is 0. The monoisotopic (exact) mass is 467 g/mol. The number of alkyl halides is 3. The van der Waals surface area contributed by atoms with Crippen LogP contribution in [0.4, 0.5) is 18.9 Å². The first kappa shape index (κ1) is 22.9. The van der Waals surface area contributed by atoms with Crippen molar-refractivity contribution in [3.05, 3.63) is 75.9 Å². The molecule has 3 aliphatic rings. The average Bonchev–Trinajstić information content (AvgIpc) is 3.06. The predicted molar refractivity (Wildman–Crippen MR) is 125 cm³/mol. The molecule has 2 atom stereocenters. The quantitative estimate of drug-likeness (QED) is 0.488. The molecule has 2 bridgehead atoms. The van der Waals surface area contributed by atoms with Gasteiger partial charge in [-0.25, -0.2) is 0 Å². The number of allylic oxidation sites excluding steroid dienone is 2. The second-order valence-corrected chi connectivity index (χ2v) is 9.83. The number of nitrogens with zero attached hydrogens (tertiary/aromatic N) is 1. The maximum Gasteiger partial charge on any atom is 0.416 e. The molecule has 2 heterocycles. The van der Waals surface area contributed by atoms with Crippen molar-refractivity contribution < 1.29 is 22.8 Å². The number of halogens is 3. The standard InChI is InChI=1S/C28H28F3NO2/c1-17-6-7-18-9-13-23(27(34)24(18)14-17)26(33)15-19-8-10-22(16-25(19)28(29,30)31)32-20-4-2-3-5-21(32)12-11-20/h6-8,10,13-14,16,20-21H,2-5,9,11-12,15H2,1H3. The van der Waals surface area contributed by atoms with Gasteiger partial charge in [0, 0.05) is 29.8 Å². The van der Waals surface area contributed by atoms with E-state index >= 15 is 0 Å². The van der Waals surface area contributed by atoms with Crippen molar-refractivity contribution in [2.45, 2.75) is 76.6 Å². The van der Waals surface area contributed by atoms with E-state index in [1.807, 2.05) is 19.1 Å². The molecule has 0 saturated carbocycles. The van der Waals surface area contributed by atoms with Crippen molar-refractivity contribution >= 4 is 17.3 Å². The van der Waals surface area contributed by atoms with Crippen LogP contribution in [0.15, 0.2) is 48.0 Å². The summed E-state index contributed by atoms with van der Waals surface area (Å²) in [6, 6.07) is 10.5. The zero-order chi connectivity index (χ0) is 24.0. The Morgan fingerprint density at radius 1 is 1.00 bits per heavy atom. The van der Waals surface area contributed by atoms with Crippen molar-refractivity contribution in [2.24, 2.45) is 0 Å². The number of rotatable bonds is 4. The minimum absolute atomic E-state index is 0.0131. The Hall–Kier alpha value is -2.89. The Balaban J connectivity index is 1.43. The minimum Gasteiger partial charge on any atom is -0.366 e. The molecule has 5 rings (SSSR count). The van der Waals surface area contributed by atoms with Crippen molar-refractivity contribution in [3.63, 3.8) is 0 Å². The van der Waals surface area contributed by atoms with Crippen LogP contribution in [0.3, 0.4) is 0 Å². The number of Topliss-reactive ketones (excluding diaryl/α,β-unsaturated/α-hetero) is 2. The van der Waals surface area contributed by atoms with Crippen LogP contribution in [0.1, 0.15) is 71.1 Å². The smallest absolute Gasteiger partial charge is 0.366 e. The third-order valence-corrected chi connectivity index (χ3v) is 7.57. The first-order valence-electron chi connectivity index (χ1n) is 12.1. The van der Waals surface area contributed by atoms with Gasteiger partial charge in [-0.3, -0.25) is 9.59 Å². The van der Waals surface area contributed by atoms with E-state index in [0.29, 0.717) is 17.7 Å². The molecule has 0 spiro atoms. The number of carbonyl (C=O) groups excluding carboxylic acids is 2. The third-order valence-electron chi connectivity index (χ3n) is 7.57. The Morgan fingerprint density at radius 2 is 1.71 bits per heavy atom. The first-order valence-corrected chi connectivity index (χ1v) is 12.1. The maximum absolute atomic E-state index is 14.1. The lowest BCUT2D eigenvalue weighted by Crippen LogP contribution is -2.34. The van der Waals surface area contributed by atoms with Gasteiger partial charge in [0.25, 0.3) is 0 Å². The Kier molecular flexibility index (Phi) is 5.86. The molecule has 6 heteroatoms. The number of aryl methyl sites for hydroxylation is 1. The van der Waals surface area contributed by atoms with Crippen LogP contribution >= 0.6 is 0 Å². The summed E-state index contributed by atoms with van der Waals surface area (Å²) in [7, 11) is 0. The van der Waals surface area contributed by atoms with Crippen LogP contribution in [0.25, 0.3) is 0 Å². The van der Waals surface area contributed by atoms with Crippen LogP contribution < -0.4 is 4.90 Å². The molecule has 2 aromatic rings. The van der Waals surface area contributed by atoms with E-state index < -0.39 is 29.7 Å². The van der Waals surface area contributed by atoms with E-state index in [-0.39, 0.29) is 23.2 Å². The number of anilines is 1. The maximum atomic E-state index is 14.1. The molecule has 34 heavy (non-hydrogen) atoms. The first-order chi connectivity index (χ1) is 16.2. The SMILES string of the molecule is Cc1ccc2c(c1)C(=O)C(C(=O)Cc1ccc(N3C4CCCCC3CC4)cc1C(F)(F)F)=CC2. The topological polar surface area (TPSA) is 37.4 Å². The lowest BCUT2D eigenvalue weighted by Gasteiger charge is -2.31. The second-order valence-electron chi connectivity index (χ2n) is 9.83. The number of hydrogen-bond acceptors (Lipinski definition) is 3. The molecule has 2 saturated heterocycles. The molecule has 2 unspecified atom stereocenters. The van der Waals surface area contributed by atoms with Crippen molar-refractivity contribution in [3.8, 4) is 0 Å². The van der Waals surface area contributed by atoms with Gasteiger partial charge in [0.15, 0.2) is 11.6 Å². The van der Waals surface area contributed by atoms with Crippen molar-refractivity contribution in [1.29, 1.82) is 0 Å². The molecule has 0 amide bonds. The van der Waals surface area contributed by atoms with E-state index in [4.69, 9.17) is 0 Å². The highest BCUT2D eigenvalue weighted by atomic mass is 19.4. The number of fused-ring (bicyclic) bond motifs is 3. The van der Waals surface area contributed by atoms with Crippen LogP contribution in [-0.4, -0.2) is 23.7 Å². The van der Waals surface area contributed by atoms with Crippen LogP contribution in [0.2, 0.25) is 0 Å². The average molecular weight is 468 g/mol. The molecule has 2 aromatic carbocycles. The normalized spacial score (nSPS) is 22.3. The highest BCUT2D eigenvalue weighted by molar-refractivity contribution is 6.27. The molecule has 2 aliphatic heterocycles. The molecule has 0 N–H and O–H groups in total. The van der Waals surface area contributed by atoms with Gasteiger partial charge in [0.2, 0.25) is 0 Å². The van der Waals surface area contributed by atoms with Gasteiger partial charge >= 0.3 is 6.18 Å². The summed E-state index contributed by atoms with van der Waals surface area (Å²) in [5.74, 6) is -0.966. The second kappa shape index (κ2) is 8.71. The van der Waals surface area contributed by atoms with Gasteiger partial charge in [-0.15, -0.1) is 0 Å². The summed E-state index contributed by atoms with van der Waals surface area (Å²) in [5.41, 5.74) is 1.93. The van der Waals surface area contributed by atoms with Crippen molar-refractivity contribution in [1.82, 2.24) is 0 Å². The van der Waals surface area contributed by atoms with Crippen molar-refractivity contribution in [2.75, 3.05) is 4.90 Å². The molecule has 0 radical (unpaired) electrons. The largest absolute Gasteiger partial charge is 0.416 e. The fraction of sp³-hybridized carbons (Fsp3) is 0.429. The fourth-order valence-electron chi connectivity index (χ4n) is 5.89. The highest BCUT2D eigenvalue weighted by Gasteiger charge is 2.39. The lowest BCUT2D eigenvalue weighted by atomic mass is 9.85. The molecule has 1 aliphatic carbocycles. The Bertz CT molecular complexity index is 1170. The fourth-order valence-corrected chi connectivity index (χ4v) is 5.89.